The second-order valence-electron chi connectivity index (χ2n) is 3.64. The molecule has 0 aromatic heterocycles. The van der Waals surface area contributed by atoms with Gasteiger partial charge >= 0.3 is 0 Å². The molecule has 0 unspecified atom stereocenters. The minimum absolute atomic E-state index is 0.00901. The molecule has 1 aromatic carbocycles. The maximum absolute atomic E-state index is 8.67. The highest BCUT2D eigenvalue weighted by Crippen LogP contribution is 2.30. The molecule has 0 saturated heterocycles. The average Bonchev–Trinajstić information content (AvgIpc) is 2.38. The van der Waals surface area contributed by atoms with E-state index in [2.05, 4.69) is 13.8 Å². The van der Waals surface area contributed by atoms with Crippen LogP contribution < -0.4 is 9.47 Å². The predicted octanol–water partition coefficient (Wildman–Crippen LogP) is 3.22. The Labute approximate surface area is 104 Å². The second-order valence-corrected chi connectivity index (χ2v) is 3.64. The summed E-state index contributed by atoms with van der Waals surface area (Å²) in [4.78, 5) is 0. The Bertz CT molecular complexity index is 308. The van der Waals surface area contributed by atoms with Crippen molar-refractivity contribution < 1.29 is 14.6 Å². The van der Waals surface area contributed by atoms with Crippen LogP contribution in [0.1, 0.15) is 39.2 Å². The summed E-state index contributed by atoms with van der Waals surface area (Å²) < 4.78 is 10.6. The first-order valence-electron chi connectivity index (χ1n) is 6.10. The largest absolute Gasteiger partial charge is 0.493 e. The van der Waals surface area contributed by atoms with E-state index >= 15 is 0 Å². The number of aliphatic hydroxyl groups excluding tert-OH is 1. The van der Waals surface area contributed by atoms with Crippen molar-refractivity contribution in [3.05, 3.63) is 23.8 Å². The fourth-order valence-electron chi connectivity index (χ4n) is 1.32. The van der Waals surface area contributed by atoms with Crippen LogP contribution in [0.4, 0.5) is 0 Å². The molecule has 0 aliphatic rings. The molecular weight excluding hydrogens is 216 g/mol. The van der Waals surface area contributed by atoms with E-state index in [1.165, 1.54) is 5.56 Å². The highest BCUT2D eigenvalue weighted by atomic mass is 16.5. The Morgan fingerprint density at radius 3 is 2.29 bits per heavy atom. The van der Waals surface area contributed by atoms with Gasteiger partial charge in [-0.05, 0) is 23.6 Å². The van der Waals surface area contributed by atoms with Gasteiger partial charge in [0.1, 0.15) is 6.61 Å². The van der Waals surface area contributed by atoms with Gasteiger partial charge in [-0.15, -0.1) is 0 Å². The van der Waals surface area contributed by atoms with Gasteiger partial charge in [-0.1, -0.05) is 33.8 Å². The van der Waals surface area contributed by atoms with Gasteiger partial charge in [0.05, 0.1) is 13.7 Å². The Hall–Kier alpha value is -1.22. The normalized spacial score (nSPS) is 9.59. The third-order valence-electron chi connectivity index (χ3n) is 2.20. The summed E-state index contributed by atoms with van der Waals surface area (Å²) in [6.45, 7) is 8.55. The lowest BCUT2D eigenvalue weighted by Crippen LogP contribution is -2.03. The summed E-state index contributed by atoms with van der Waals surface area (Å²) in [6, 6.07) is 5.86. The monoisotopic (exact) mass is 240 g/mol. The molecule has 1 aromatic rings. The Morgan fingerprint density at radius 1 is 1.18 bits per heavy atom. The van der Waals surface area contributed by atoms with Crippen LogP contribution in [0.5, 0.6) is 11.5 Å². The van der Waals surface area contributed by atoms with Gasteiger partial charge < -0.3 is 14.6 Å². The van der Waals surface area contributed by atoms with E-state index in [9.17, 15) is 0 Å². The summed E-state index contributed by atoms with van der Waals surface area (Å²) in [6.07, 6.45) is 0. The van der Waals surface area contributed by atoms with Gasteiger partial charge in [0.2, 0.25) is 0 Å². The number of hydrogen-bond donors (Lipinski definition) is 1. The Kier molecular flexibility index (Phi) is 8.24. The fourth-order valence-corrected chi connectivity index (χ4v) is 1.32. The van der Waals surface area contributed by atoms with Crippen LogP contribution in [0, 0.1) is 0 Å². The van der Waals surface area contributed by atoms with Crippen molar-refractivity contribution in [2.45, 2.75) is 33.6 Å². The lowest BCUT2D eigenvalue weighted by atomic mass is 10.0. The first-order chi connectivity index (χ1) is 8.19. The zero-order chi connectivity index (χ0) is 13.3. The average molecular weight is 240 g/mol. The molecule has 1 N–H and O–H groups in total. The number of methoxy groups -OCH3 is 1. The molecule has 98 valence electrons. The van der Waals surface area contributed by atoms with Crippen molar-refractivity contribution in [1.29, 1.82) is 0 Å². The summed E-state index contributed by atoms with van der Waals surface area (Å²) >= 11 is 0. The molecule has 0 saturated carbocycles. The lowest BCUT2D eigenvalue weighted by molar-refractivity contribution is 0.196. The molecule has 0 amide bonds. The van der Waals surface area contributed by atoms with Gasteiger partial charge in [0.25, 0.3) is 0 Å². The standard InChI is InChI=1S/C12H18O3.C2H6/c1-9(2)10-4-5-11(15-7-6-13)12(8-10)14-3;1-2/h4-5,8-9,13H,6-7H2,1-3H3;1-2H3. The van der Waals surface area contributed by atoms with Crippen LogP contribution in [0.2, 0.25) is 0 Å². The van der Waals surface area contributed by atoms with Crippen molar-refractivity contribution >= 4 is 0 Å². The first-order valence-corrected chi connectivity index (χ1v) is 6.10. The first kappa shape index (κ1) is 15.8. The predicted molar refractivity (Wildman–Crippen MR) is 71.0 cm³/mol. The van der Waals surface area contributed by atoms with E-state index in [0.29, 0.717) is 11.7 Å². The lowest BCUT2D eigenvalue weighted by Gasteiger charge is -2.12. The molecular formula is C14H24O3. The minimum Gasteiger partial charge on any atom is -0.493 e. The summed E-state index contributed by atoms with van der Waals surface area (Å²) in [5.41, 5.74) is 1.21. The highest BCUT2D eigenvalue weighted by molar-refractivity contribution is 5.43. The number of aliphatic hydroxyl groups is 1. The number of hydrogen-bond acceptors (Lipinski definition) is 3. The third kappa shape index (κ3) is 5.09. The number of rotatable bonds is 5. The zero-order valence-electron chi connectivity index (χ0n) is 11.5. The molecule has 0 aliphatic heterocycles. The number of ether oxygens (including phenoxy) is 2. The summed E-state index contributed by atoms with van der Waals surface area (Å²) in [5.74, 6) is 1.86. The Balaban J connectivity index is 0.00000121. The van der Waals surface area contributed by atoms with Crippen molar-refractivity contribution in [2.24, 2.45) is 0 Å². The van der Waals surface area contributed by atoms with Gasteiger partial charge in [0, 0.05) is 0 Å². The smallest absolute Gasteiger partial charge is 0.161 e. The minimum atomic E-state index is 0.00901. The van der Waals surface area contributed by atoms with E-state index in [-0.39, 0.29) is 13.2 Å². The maximum atomic E-state index is 8.67. The molecule has 0 bridgehead atoms. The summed E-state index contributed by atoms with van der Waals surface area (Å²) in [5, 5.41) is 8.67. The topological polar surface area (TPSA) is 38.7 Å². The van der Waals surface area contributed by atoms with E-state index < -0.39 is 0 Å². The van der Waals surface area contributed by atoms with E-state index in [0.717, 1.165) is 5.75 Å². The SMILES string of the molecule is CC.COc1cc(C(C)C)ccc1OCCO. The second kappa shape index (κ2) is 8.88. The number of benzene rings is 1. The molecule has 0 atom stereocenters. The molecule has 17 heavy (non-hydrogen) atoms. The molecule has 1 rings (SSSR count). The quantitative estimate of drug-likeness (QED) is 0.859. The maximum Gasteiger partial charge on any atom is 0.161 e. The molecule has 3 nitrogen and oxygen atoms in total. The van der Waals surface area contributed by atoms with Gasteiger partial charge in [-0.2, -0.15) is 0 Å². The van der Waals surface area contributed by atoms with Crippen LogP contribution >= 0.6 is 0 Å². The molecule has 0 aliphatic carbocycles. The van der Waals surface area contributed by atoms with Crippen molar-refractivity contribution in [3.63, 3.8) is 0 Å². The van der Waals surface area contributed by atoms with E-state index in [4.69, 9.17) is 14.6 Å². The Morgan fingerprint density at radius 2 is 1.82 bits per heavy atom. The molecule has 0 fully saturated rings. The summed E-state index contributed by atoms with van der Waals surface area (Å²) in [7, 11) is 1.62. The molecule has 3 heteroatoms. The van der Waals surface area contributed by atoms with Crippen LogP contribution in [-0.2, 0) is 0 Å². The van der Waals surface area contributed by atoms with Crippen LogP contribution in [0.3, 0.4) is 0 Å². The van der Waals surface area contributed by atoms with Gasteiger partial charge in [-0.25, -0.2) is 0 Å². The molecule has 0 radical (unpaired) electrons. The molecule has 0 spiro atoms. The van der Waals surface area contributed by atoms with E-state index in [1.54, 1.807) is 7.11 Å². The highest BCUT2D eigenvalue weighted by Gasteiger charge is 2.07. The fraction of sp³-hybridized carbons (Fsp3) is 0.571. The van der Waals surface area contributed by atoms with Crippen molar-refractivity contribution in [3.8, 4) is 11.5 Å². The van der Waals surface area contributed by atoms with Crippen LogP contribution in [0.25, 0.3) is 0 Å². The zero-order valence-corrected chi connectivity index (χ0v) is 11.5. The molecule has 0 heterocycles. The van der Waals surface area contributed by atoms with Crippen LogP contribution in [-0.4, -0.2) is 25.4 Å². The van der Waals surface area contributed by atoms with Gasteiger partial charge in [-0.3, -0.25) is 0 Å². The third-order valence-corrected chi connectivity index (χ3v) is 2.20. The van der Waals surface area contributed by atoms with Crippen molar-refractivity contribution in [1.82, 2.24) is 0 Å². The van der Waals surface area contributed by atoms with Crippen LogP contribution in [0.15, 0.2) is 18.2 Å². The van der Waals surface area contributed by atoms with Crippen molar-refractivity contribution in [2.75, 3.05) is 20.3 Å². The van der Waals surface area contributed by atoms with Gasteiger partial charge in [0.15, 0.2) is 11.5 Å². The van der Waals surface area contributed by atoms with E-state index in [1.807, 2.05) is 32.0 Å².